The number of nitriles is 1. The van der Waals surface area contributed by atoms with Crippen LogP contribution in [0.3, 0.4) is 0 Å². The molecule has 112 valence electrons. The summed E-state index contributed by atoms with van der Waals surface area (Å²) in [5.74, 6) is -0.562. The Morgan fingerprint density at radius 3 is 2.59 bits per heavy atom. The van der Waals surface area contributed by atoms with Crippen molar-refractivity contribution >= 4 is 21.7 Å². The summed E-state index contributed by atoms with van der Waals surface area (Å²) in [6.45, 7) is 0. The molecule has 0 spiro atoms. The number of esters is 1. The molecule has 6 nitrogen and oxygen atoms in total. The Balaban J connectivity index is 2.33. The van der Waals surface area contributed by atoms with Gasteiger partial charge in [0.15, 0.2) is 0 Å². The van der Waals surface area contributed by atoms with Gasteiger partial charge in [0.1, 0.15) is 0 Å². The number of sulfonamides is 1. The molecule has 1 N–H and O–H groups in total. The van der Waals surface area contributed by atoms with Crippen molar-refractivity contribution in [1.29, 1.82) is 5.26 Å². The lowest BCUT2D eigenvalue weighted by molar-refractivity contribution is 0.0601. The minimum Gasteiger partial charge on any atom is -0.465 e. The van der Waals surface area contributed by atoms with E-state index in [1.165, 1.54) is 55.6 Å². The van der Waals surface area contributed by atoms with Gasteiger partial charge in [0.25, 0.3) is 10.0 Å². The molecule has 2 rings (SSSR count). The number of carbonyl (C=O) groups is 1. The molecule has 22 heavy (non-hydrogen) atoms. The van der Waals surface area contributed by atoms with Gasteiger partial charge in [0, 0.05) is 5.69 Å². The summed E-state index contributed by atoms with van der Waals surface area (Å²) < 4.78 is 31.5. The van der Waals surface area contributed by atoms with E-state index in [9.17, 15) is 13.2 Å². The zero-order chi connectivity index (χ0) is 16.2. The van der Waals surface area contributed by atoms with Gasteiger partial charge >= 0.3 is 5.97 Å². The summed E-state index contributed by atoms with van der Waals surface area (Å²) in [5.41, 5.74) is 0.699. The molecular weight excluding hydrogens is 304 g/mol. The summed E-state index contributed by atoms with van der Waals surface area (Å²) in [5, 5.41) is 8.83. The fourth-order valence-corrected chi connectivity index (χ4v) is 2.87. The van der Waals surface area contributed by atoms with E-state index >= 15 is 0 Å². The number of anilines is 1. The highest BCUT2D eigenvalue weighted by Gasteiger charge is 2.15. The molecule has 0 aromatic heterocycles. The summed E-state index contributed by atoms with van der Waals surface area (Å²) >= 11 is 0. The van der Waals surface area contributed by atoms with Gasteiger partial charge in [-0.3, -0.25) is 4.72 Å². The van der Waals surface area contributed by atoms with Crippen LogP contribution in [0.4, 0.5) is 5.69 Å². The molecule has 0 aliphatic heterocycles. The first kappa shape index (κ1) is 15.5. The van der Waals surface area contributed by atoms with Gasteiger partial charge in [-0.05, 0) is 36.4 Å². The first-order valence-electron chi connectivity index (χ1n) is 6.17. The number of methoxy groups -OCH3 is 1. The Bertz CT molecular complexity index is 854. The lowest BCUT2D eigenvalue weighted by Crippen LogP contribution is -2.13. The van der Waals surface area contributed by atoms with Crippen LogP contribution in [0.2, 0.25) is 0 Å². The highest BCUT2D eigenvalue weighted by atomic mass is 32.2. The topological polar surface area (TPSA) is 96.3 Å². The lowest BCUT2D eigenvalue weighted by Gasteiger charge is -2.09. The van der Waals surface area contributed by atoms with Crippen LogP contribution >= 0.6 is 0 Å². The molecule has 0 fully saturated rings. The monoisotopic (exact) mass is 316 g/mol. The van der Waals surface area contributed by atoms with E-state index in [0.29, 0.717) is 0 Å². The van der Waals surface area contributed by atoms with Gasteiger partial charge < -0.3 is 4.74 Å². The highest BCUT2D eigenvalue weighted by molar-refractivity contribution is 7.92. The van der Waals surface area contributed by atoms with E-state index in [4.69, 9.17) is 5.26 Å². The average molecular weight is 316 g/mol. The summed E-state index contributed by atoms with van der Waals surface area (Å²) in [4.78, 5) is 11.4. The molecule has 0 saturated heterocycles. The number of benzene rings is 2. The fourth-order valence-electron chi connectivity index (χ4n) is 1.77. The van der Waals surface area contributed by atoms with Crippen LogP contribution in [-0.2, 0) is 14.8 Å². The fraction of sp³-hybridized carbons (Fsp3) is 0.0667. The third-order valence-corrected chi connectivity index (χ3v) is 4.19. The molecule has 7 heteroatoms. The Hall–Kier alpha value is -2.85. The molecule has 0 bridgehead atoms. The Kier molecular flexibility index (Phi) is 4.44. The summed E-state index contributed by atoms with van der Waals surface area (Å²) in [6, 6.07) is 13.5. The van der Waals surface area contributed by atoms with E-state index < -0.39 is 16.0 Å². The van der Waals surface area contributed by atoms with E-state index in [-0.39, 0.29) is 21.7 Å². The van der Waals surface area contributed by atoms with Gasteiger partial charge in [0.05, 0.1) is 29.2 Å². The third-order valence-electron chi connectivity index (χ3n) is 2.81. The van der Waals surface area contributed by atoms with Crippen molar-refractivity contribution < 1.29 is 17.9 Å². The van der Waals surface area contributed by atoms with E-state index in [1.54, 1.807) is 0 Å². The van der Waals surface area contributed by atoms with E-state index in [2.05, 4.69) is 9.46 Å². The van der Waals surface area contributed by atoms with Crippen molar-refractivity contribution in [2.45, 2.75) is 4.90 Å². The zero-order valence-electron chi connectivity index (χ0n) is 11.6. The Morgan fingerprint density at radius 2 is 1.91 bits per heavy atom. The molecule has 0 unspecified atom stereocenters. The van der Waals surface area contributed by atoms with Crippen molar-refractivity contribution in [3.63, 3.8) is 0 Å². The van der Waals surface area contributed by atoms with Crippen LogP contribution in [-0.4, -0.2) is 21.5 Å². The molecule has 0 radical (unpaired) electrons. The van der Waals surface area contributed by atoms with Crippen LogP contribution < -0.4 is 4.72 Å². The van der Waals surface area contributed by atoms with Crippen LogP contribution in [0.5, 0.6) is 0 Å². The molecule has 0 atom stereocenters. The SMILES string of the molecule is COC(=O)c1cccc(NS(=O)(=O)c2cccc(C#N)c2)c1. The van der Waals surface area contributed by atoms with Gasteiger partial charge in [-0.1, -0.05) is 12.1 Å². The number of carbonyl (C=O) groups excluding carboxylic acids is 1. The number of nitrogens with one attached hydrogen (secondary N) is 1. The minimum atomic E-state index is -3.85. The first-order valence-corrected chi connectivity index (χ1v) is 7.66. The molecular formula is C15H12N2O4S. The quantitative estimate of drug-likeness (QED) is 0.872. The maximum absolute atomic E-state index is 12.3. The Labute approximate surface area is 128 Å². The first-order chi connectivity index (χ1) is 10.5. The second-order valence-corrected chi connectivity index (χ2v) is 6.00. The lowest BCUT2D eigenvalue weighted by atomic mass is 10.2. The summed E-state index contributed by atoms with van der Waals surface area (Å²) in [6.07, 6.45) is 0. The molecule has 0 heterocycles. The smallest absolute Gasteiger partial charge is 0.337 e. The van der Waals surface area contributed by atoms with Crippen molar-refractivity contribution in [2.24, 2.45) is 0 Å². The highest BCUT2D eigenvalue weighted by Crippen LogP contribution is 2.18. The van der Waals surface area contributed by atoms with Crippen molar-refractivity contribution in [1.82, 2.24) is 0 Å². The van der Waals surface area contributed by atoms with Crippen molar-refractivity contribution in [2.75, 3.05) is 11.8 Å². The standard InChI is InChI=1S/C15H12N2O4S/c1-21-15(18)12-5-3-6-13(9-12)17-22(19,20)14-7-2-4-11(8-14)10-16/h2-9,17H,1H3. The van der Waals surface area contributed by atoms with Gasteiger partial charge in [-0.2, -0.15) is 5.26 Å². The van der Waals surface area contributed by atoms with E-state index in [1.807, 2.05) is 6.07 Å². The number of hydrogen-bond donors (Lipinski definition) is 1. The number of hydrogen-bond acceptors (Lipinski definition) is 5. The van der Waals surface area contributed by atoms with Gasteiger partial charge in [0.2, 0.25) is 0 Å². The van der Waals surface area contributed by atoms with Gasteiger partial charge in [-0.25, -0.2) is 13.2 Å². The predicted molar refractivity (Wildman–Crippen MR) is 79.7 cm³/mol. The predicted octanol–water partition coefficient (Wildman–Crippen LogP) is 2.15. The van der Waals surface area contributed by atoms with Crippen LogP contribution in [0.25, 0.3) is 0 Å². The van der Waals surface area contributed by atoms with Crippen LogP contribution in [0.1, 0.15) is 15.9 Å². The van der Waals surface area contributed by atoms with Gasteiger partial charge in [-0.15, -0.1) is 0 Å². The number of nitrogens with zero attached hydrogens (tertiary/aromatic N) is 1. The molecule has 0 amide bonds. The molecule has 0 aliphatic carbocycles. The summed E-state index contributed by atoms with van der Waals surface area (Å²) in [7, 11) is -2.61. The maximum Gasteiger partial charge on any atom is 0.337 e. The average Bonchev–Trinajstić information content (AvgIpc) is 2.54. The van der Waals surface area contributed by atoms with Crippen LogP contribution in [0.15, 0.2) is 53.4 Å². The molecule has 2 aromatic carbocycles. The largest absolute Gasteiger partial charge is 0.465 e. The Morgan fingerprint density at radius 1 is 1.18 bits per heavy atom. The normalized spacial score (nSPS) is 10.5. The second-order valence-electron chi connectivity index (χ2n) is 4.32. The number of ether oxygens (including phenoxy) is 1. The second kappa shape index (κ2) is 6.28. The van der Waals surface area contributed by atoms with Crippen molar-refractivity contribution in [3.8, 4) is 6.07 Å². The third kappa shape index (κ3) is 3.42. The molecule has 0 aliphatic rings. The van der Waals surface area contributed by atoms with E-state index in [0.717, 1.165) is 0 Å². The number of rotatable bonds is 4. The van der Waals surface area contributed by atoms with Crippen molar-refractivity contribution in [3.05, 3.63) is 59.7 Å². The van der Waals surface area contributed by atoms with Crippen LogP contribution in [0, 0.1) is 11.3 Å². The maximum atomic E-state index is 12.3. The molecule has 2 aromatic rings. The zero-order valence-corrected chi connectivity index (χ0v) is 12.4. The molecule has 0 saturated carbocycles. The minimum absolute atomic E-state index is 0.0324.